The Morgan fingerprint density at radius 3 is 2.38 bits per heavy atom. The molecule has 1 aromatic heterocycles. The Morgan fingerprint density at radius 1 is 0.962 bits per heavy atom. The average Bonchev–Trinajstić information content (AvgIpc) is 3.00. The number of methoxy groups -OCH3 is 1. The van der Waals surface area contributed by atoms with Crippen LogP contribution in [0.5, 0.6) is 11.5 Å². The SMILES string of the molecule is COc1ccc(OCC(=O)OCC(=O)c2c(C)[nH]c3ccccc23)cc1. The predicted octanol–water partition coefficient (Wildman–Crippen LogP) is 3.29. The van der Waals surface area contributed by atoms with Gasteiger partial charge in [0.05, 0.1) is 7.11 Å². The van der Waals surface area contributed by atoms with Gasteiger partial charge in [0.1, 0.15) is 11.5 Å². The lowest BCUT2D eigenvalue weighted by molar-refractivity contribution is -0.144. The van der Waals surface area contributed by atoms with E-state index in [-0.39, 0.29) is 19.0 Å². The molecular weight excluding hydrogens is 334 g/mol. The van der Waals surface area contributed by atoms with Gasteiger partial charge in [-0.15, -0.1) is 0 Å². The summed E-state index contributed by atoms with van der Waals surface area (Å²) in [4.78, 5) is 27.4. The van der Waals surface area contributed by atoms with E-state index in [0.29, 0.717) is 17.1 Å². The Morgan fingerprint density at radius 2 is 1.65 bits per heavy atom. The van der Waals surface area contributed by atoms with E-state index in [1.807, 2.05) is 31.2 Å². The molecule has 26 heavy (non-hydrogen) atoms. The smallest absolute Gasteiger partial charge is 0.344 e. The first kappa shape index (κ1) is 17.5. The average molecular weight is 353 g/mol. The molecule has 0 bridgehead atoms. The molecule has 0 saturated heterocycles. The lowest BCUT2D eigenvalue weighted by atomic mass is 10.1. The fourth-order valence-corrected chi connectivity index (χ4v) is 2.71. The second-order valence-corrected chi connectivity index (χ2v) is 5.72. The Balaban J connectivity index is 1.55. The van der Waals surface area contributed by atoms with Crippen molar-refractivity contribution in [2.75, 3.05) is 20.3 Å². The molecule has 6 nitrogen and oxygen atoms in total. The molecule has 134 valence electrons. The van der Waals surface area contributed by atoms with Gasteiger partial charge in [-0.1, -0.05) is 18.2 Å². The first-order chi connectivity index (χ1) is 12.6. The van der Waals surface area contributed by atoms with Crippen LogP contribution in [0.25, 0.3) is 10.9 Å². The molecule has 0 atom stereocenters. The van der Waals surface area contributed by atoms with E-state index in [4.69, 9.17) is 14.2 Å². The number of hydrogen-bond acceptors (Lipinski definition) is 5. The number of nitrogens with one attached hydrogen (secondary N) is 1. The van der Waals surface area contributed by atoms with Crippen molar-refractivity contribution in [3.05, 3.63) is 59.8 Å². The first-order valence-corrected chi connectivity index (χ1v) is 8.11. The summed E-state index contributed by atoms with van der Waals surface area (Å²) < 4.78 is 15.4. The van der Waals surface area contributed by atoms with E-state index in [2.05, 4.69) is 4.98 Å². The van der Waals surface area contributed by atoms with E-state index in [9.17, 15) is 9.59 Å². The summed E-state index contributed by atoms with van der Waals surface area (Å²) in [5, 5.41) is 0.820. The van der Waals surface area contributed by atoms with Gasteiger partial charge in [0.2, 0.25) is 5.78 Å². The molecule has 0 aliphatic carbocycles. The van der Waals surface area contributed by atoms with Crippen molar-refractivity contribution in [2.24, 2.45) is 0 Å². The first-order valence-electron chi connectivity index (χ1n) is 8.11. The van der Waals surface area contributed by atoms with Crippen LogP contribution in [-0.2, 0) is 9.53 Å². The zero-order valence-corrected chi connectivity index (χ0v) is 14.6. The molecule has 0 aliphatic rings. The number of hydrogen-bond donors (Lipinski definition) is 1. The monoisotopic (exact) mass is 353 g/mol. The van der Waals surface area contributed by atoms with Crippen molar-refractivity contribution < 1.29 is 23.8 Å². The summed E-state index contributed by atoms with van der Waals surface area (Å²) in [6, 6.07) is 14.3. The molecule has 6 heteroatoms. The Bertz CT molecular complexity index is 927. The third-order valence-corrected chi connectivity index (χ3v) is 3.95. The normalized spacial score (nSPS) is 10.5. The fourth-order valence-electron chi connectivity index (χ4n) is 2.71. The second kappa shape index (κ2) is 7.74. The molecule has 0 radical (unpaired) electrons. The van der Waals surface area contributed by atoms with Crippen LogP contribution < -0.4 is 9.47 Å². The number of rotatable bonds is 7. The van der Waals surface area contributed by atoms with Gasteiger partial charge in [-0.05, 0) is 37.3 Å². The van der Waals surface area contributed by atoms with Crippen molar-refractivity contribution >= 4 is 22.7 Å². The number of H-pyrrole nitrogens is 1. The van der Waals surface area contributed by atoms with Crippen LogP contribution >= 0.6 is 0 Å². The van der Waals surface area contributed by atoms with Crippen molar-refractivity contribution in [2.45, 2.75) is 6.92 Å². The van der Waals surface area contributed by atoms with Crippen molar-refractivity contribution in [3.63, 3.8) is 0 Å². The minimum absolute atomic E-state index is 0.252. The Hall–Kier alpha value is -3.28. The van der Waals surface area contributed by atoms with Gasteiger partial charge in [-0.25, -0.2) is 4.79 Å². The molecule has 1 heterocycles. The van der Waals surface area contributed by atoms with Crippen molar-refractivity contribution in [1.29, 1.82) is 0 Å². The van der Waals surface area contributed by atoms with Gasteiger partial charge in [-0.3, -0.25) is 4.79 Å². The van der Waals surface area contributed by atoms with Crippen LogP contribution in [0.1, 0.15) is 16.1 Å². The number of aryl methyl sites for hydroxylation is 1. The van der Waals surface area contributed by atoms with Crippen LogP contribution in [0.15, 0.2) is 48.5 Å². The molecule has 0 saturated carbocycles. The van der Waals surface area contributed by atoms with Gasteiger partial charge in [-0.2, -0.15) is 0 Å². The molecule has 0 spiro atoms. The number of carbonyl (C=O) groups is 2. The number of Topliss-reactive ketones (excluding diaryl/α,β-unsaturated/α-hetero) is 1. The molecule has 2 aromatic carbocycles. The summed E-state index contributed by atoms with van der Waals surface area (Å²) in [5.41, 5.74) is 2.17. The van der Waals surface area contributed by atoms with E-state index in [0.717, 1.165) is 16.6 Å². The standard InChI is InChI=1S/C20H19NO5/c1-13-20(16-5-3-4-6-17(16)21-13)18(22)11-26-19(23)12-25-15-9-7-14(24-2)8-10-15/h3-10,21H,11-12H2,1-2H3. The number of ether oxygens (including phenoxy) is 3. The minimum atomic E-state index is -0.605. The molecule has 0 aliphatic heterocycles. The molecular formula is C20H19NO5. The topological polar surface area (TPSA) is 77.6 Å². The largest absolute Gasteiger partial charge is 0.497 e. The Kier molecular flexibility index (Phi) is 5.22. The van der Waals surface area contributed by atoms with E-state index < -0.39 is 5.97 Å². The molecule has 0 amide bonds. The summed E-state index contributed by atoms with van der Waals surface area (Å²) in [7, 11) is 1.57. The third-order valence-electron chi connectivity index (χ3n) is 3.95. The Labute approximate surface area is 150 Å². The number of carbonyl (C=O) groups excluding carboxylic acids is 2. The lowest BCUT2D eigenvalue weighted by Crippen LogP contribution is -2.19. The van der Waals surface area contributed by atoms with Crippen LogP contribution in [0.3, 0.4) is 0 Å². The quantitative estimate of drug-likeness (QED) is 0.521. The summed E-state index contributed by atoms with van der Waals surface area (Å²) in [5.74, 6) is 0.352. The summed E-state index contributed by atoms with van der Waals surface area (Å²) >= 11 is 0. The van der Waals surface area contributed by atoms with Gasteiger partial charge >= 0.3 is 5.97 Å². The van der Waals surface area contributed by atoms with Crippen molar-refractivity contribution in [3.8, 4) is 11.5 Å². The predicted molar refractivity (Wildman–Crippen MR) is 96.8 cm³/mol. The zero-order valence-electron chi connectivity index (χ0n) is 14.6. The number of para-hydroxylation sites is 1. The van der Waals surface area contributed by atoms with Crippen LogP contribution in [0.2, 0.25) is 0 Å². The number of fused-ring (bicyclic) bond motifs is 1. The highest BCUT2D eigenvalue weighted by Gasteiger charge is 2.17. The second-order valence-electron chi connectivity index (χ2n) is 5.72. The molecule has 3 aromatic rings. The van der Waals surface area contributed by atoms with E-state index in [1.165, 1.54) is 0 Å². The van der Waals surface area contributed by atoms with Crippen LogP contribution in [0, 0.1) is 6.92 Å². The van der Waals surface area contributed by atoms with Gasteiger partial charge < -0.3 is 19.2 Å². The molecule has 1 N–H and O–H groups in total. The number of aromatic nitrogens is 1. The van der Waals surface area contributed by atoms with Gasteiger partial charge in [0, 0.05) is 22.2 Å². The van der Waals surface area contributed by atoms with Crippen molar-refractivity contribution in [1.82, 2.24) is 4.98 Å². The highest BCUT2D eigenvalue weighted by Crippen LogP contribution is 2.22. The number of esters is 1. The highest BCUT2D eigenvalue weighted by molar-refractivity contribution is 6.10. The molecule has 0 fully saturated rings. The fraction of sp³-hybridized carbons (Fsp3) is 0.200. The van der Waals surface area contributed by atoms with E-state index in [1.54, 1.807) is 31.4 Å². The lowest BCUT2D eigenvalue weighted by Gasteiger charge is -2.07. The number of aromatic amines is 1. The molecule has 0 unspecified atom stereocenters. The number of ketones is 1. The minimum Gasteiger partial charge on any atom is -0.497 e. The van der Waals surface area contributed by atoms with Gasteiger partial charge in [0.25, 0.3) is 0 Å². The third kappa shape index (κ3) is 3.85. The van der Waals surface area contributed by atoms with E-state index >= 15 is 0 Å². The zero-order chi connectivity index (χ0) is 18.5. The van der Waals surface area contributed by atoms with Crippen LogP contribution in [0.4, 0.5) is 0 Å². The van der Waals surface area contributed by atoms with Gasteiger partial charge in [0.15, 0.2) is 13.2 Å². The number of benzene rings is 2. The maximum Gasteiger partial charge on any atom is 0.344 e. The highest BCUT2D eigenvalue weighted by atomic mass is 16.6. The maximum atomic E-state index is 12.4. The maximum absolute atomic E-state index is 12.4. The molecule has 3 rings (SSSR count). The van der Waals surface area contributed by atoms with Crippen LogP contribution in [-0.4, -0.2) is 37.1 Å². The summed E-state index contributed by atoms with van der Waals surface area (Å²) in [6.07, 6.45) is 0. The summed E-state index contributed by atoms with van der Waals surface area (Å²) in [6.45, 7) is 1.22.